The number of Topliss-reactive ketones (excluding diaryl/α,β-unsaturated/α-hetero) is 1. The number of carbonyl (C=O) groups is 1. The molecule has 2 heterocycles. The van der Waals surface area contributed by atoms with Crippen molar-refractivity contribution in [3.63, 3.8) is 0 Å². The van der Waals surface area contributed by atoms with E-state index in [2.05, 4.69) is 42.0 Å². The summed E-state index contributed by atoms with van der Waals surface area (Å²) in [4.78, 5) is 20.6. The number of rotatable bonds is 5. The van der Waals surface area contributed by atoms with Crippen LogP contribution in [-0.2, 0) is 11.2 Å². The molecule has 116 valence electrons. The van der Waals surface area contributed by atoms with Crippen molar-refractivity contribution < 1.29 is 4.79 Å². The van der Waals surface area contributed by atoms with Crippen LogP contribution in [0.1, 0.15) is 37.8 Å². The fourth-order valence-electron chi connectivity index (χ4n) is 2.37. The minimum atomic E-state index is -0.186. The number of benzene rings is 1. The van der Waals surface area contributed by atoms with Gasteiger partial charge in [0.25, 0.3) is 0 Å². The van der Waals surface area contributed by atoms with Crippen molar-refractivity contribution in [3.05, 3.63) is 28.8 Å². The predicted molar refractivity (Wildman–Crippen MR) is 96.2 cm³/mol. The normalized spacial score (nSPS) is 18.2. The second-order valence-electron chi connectivity index (χ2n) is 6.13. The molecule has 0 fully saturated rings. The number of nitrogens with zero attached hydrogens (tertiary/aromatic N) is 2. The highest BCUT2D eigenvalue weighted by Gasteiger charge is 2.24. The van der Waals surface area contributed by atoms with Crippen LogP contribution in [0.4, 0.5) is 0 Å². The number of thiazole rings is 1. The smallest absolute Gasteiger partial charge is 0.155 e. The van der Waals surface area contributed by atoms with Crippen molar-refractivity contribution in [1.29, 1.82) is 0 Å². The molecular weight excluding hydrogens is 312 g/mol. The first-order valence-electron chi connectivity index (χ1n) is 7.64. The molecule has 1 atom stereocenters. The number of hydrogen-bond acceptors (Lipinski definition) is 5. The number of carbonyl (C=O) groups excluding carboxylic acids is 1. The molecule has 1 aliphatic rings. The molecule has 0 aliphatic carbocycles. The van der Waals surface area contributed by atoms with Crippen LogP contribution in [0.5, 0.6) is 0 Å². The molecule has 1 aromatic heterocycles. The molecule has 0 unspecified atom stereocenters. The summed E-state index contributed by atoms with van der Waals surface area (Å²) in [5.74, 6) is 1.61. The molecule has 0 bridgehead atoms. The molecular formula is C17H20N2OS2. The molecule has 0 radical (unpaired) electrons. The van der Waals surface area contributed by atoms with Crippen LogP contribution >= 0.6 is 23.1 Å². The monoisotopic (exact) mass is 332 g/mol. The molecule has 0 saturated heterocycles. The molecule has 2 aromatic rings. The second kappa shape index (κ2) is 6.50. The van der Waals surface area contributed by atoms with Gasteiger partial charge in [-0.3, -0.25) is 9.79 Å². The third-order valence-electron chi connectivity index (χ3n) is 3.77. The van der Waals surface area contributed by atoms with E-state index in [1.807, 2.05) is 0 Å². The average Bonchev–Trinajstić information content (AvgIpc) is 3.10. The van der Waals surface area contributed by atoms with Crippen LogP contribution in [-0.4, -0.2) is 27.6 Å². The Bertz CT molecular complexity index is 733. The molecule has 0 amide bonds. The van der Waals surface area contributed by atoms with Crippen molar-refractivity contribution in [2.24, 2.45) is 10.9 Å². The summed E-state index contributed by atoms with van der Waals surface area (Å²) in [7, 11) is 0. The molecule has 0 N–H and O–H groups in total. The summed E-state index contributed by atoms with van der Waals surface area (Å²) >= 11 is 3.33. The Morgan fingerprint density at radius 2 is 2.23 bits per heavy atom. The molecule has 3 nitrogen and oxygen atoms in total. The molecule has 1 aliphatic heterocycles. The largest absolute Gasteiger partial charge is 0.298 e. The molecule has 1 aromatic carbocycles. The Hall–Kier alpha value is -1.20. The van der Waals surface area contributed by atoms with Gasteiger partial charge in [-0.15, -0.1) is 23.1 Å². The van der Waals surface area contributed by atoms with Gasteiger partial charge in [0.15, 0.2) is 5.78 Å². The lowest BCUT2D eigenvalue weighted by Gasteiger charge is -2.04. The maximum atomic E-state index is 11.4. The number of aliphatic imine (C=N–C) groups is 1. The lowest BCUT2D eigenvalue weighted by molar-refractivity contribution is -0.117. The number of ketones is 1. The van der Waals surface area contributed by atoms with Gasteiger partial charge < -0.3 is 0 Å². The minimum Gasteiger partial charge on any atom is -0.298 e. The molecule has 5 heteroatoms. The lowest BCUT2D eigenvalue weighted by Crippen LogP contribution is -2.14. The van der Waals surface area contributed by atoms with E-state index in [4.69, 9.17) is 0 Å². The van der Waals surface area contributed by atoms with Crippen LogP contribution in [0.15, 0.2) is 23.2 Å². The number of aryl methyl sites for hydroxylation is 1. The Kier molecular flexibility index (Phi) is 4.64. The Labute approximate surface area is 139 Å². The van der Waals surface area contributed by atoms with E-state index < -0.39 is 0 Å². The summed E-state index contributed by atoms with van der Waals surface area (Å²) < 4.78 is 1.21. The van der Waals surface area contributed by atoms with Gasteiger partial charge in [-0.2, -0.15) is 0 Å². The van der Waals surface area contributed by atoms with Gasteiger partial charge in [0, 0.05) is 5.75 Å². The predicted octanol–water partition coefficient (Wildman–Crippen LogP) is 4.34. The second-order valence-corrected chi connectivity index (χ2v) is 8.16. The van der Waals surface area contributed by atoms with E-state index >= 15 is 0 Å². The van der Waals surface area contributed by atoms with Gasteiger partial charge in [0.05, 0.1) is 10.2 Å². The molecule has 0 saturated carbocycles. The molecule has 22 heavy (non-hydrogen) atoms. The highest BCUT2D eigenvalue weighted by Crippen LogP contribution is 2.30. The third-order valence-corrected chi connectivity index (χ3v) is 5.98. The molecule has 0 spiro atoms. The van der Waals surface area contributed by atoms with Crippen molar-refractivity contribution in [3.8, 4) is 0 Å². The van der Waals surface area contributed by atoms with Crippen LogP contribution < -0.4 is 0 Å². The first kappa shape index (κ1) is 15.7. The summed E-state index contributed by atoms with van der Waals surface area (Å²) in [5.41, 5.74) is 2.40. The van der Waals surface area contributed by atoms with E-state index in [-0.39, 0.29) is 11.8 Å². The Morgan fingerprint density at radius 3 is 2.91 bits per heavy atom. The number of thioether (sulfide) groups is 1. The Morgan fingerprint density at radius 1 is 1.41 bits per heavy atom. The van der Waals surface area contributed by atoms with Gasteiger partial charge in [0.1, 0.15) is 16.1 Å². The minimum absolute atomic E-state index is 0.139. The van der Waals surface area contributed by atoms with Crippen molar-refractivity contribution in [1.82, 2.24) is 4.98 Å². The average molecular weight is 332 g/mol. The van der Waals surface area contributed by atoms with Gasteiger partial charge in [0.2, 0.25) is 0 Å². The maximum absolute atomic E-state index is 11.4. The quantitative estimate of drug-likeness (QED) is 0.818. The topological polar surface area (TPSA) is 42.3 Å². The SMILES string of the molecule is CC(=O)[C@H]1CSC(c2nc3ccc(CCC(C)C)cc3s2)=N1. The van der Waals surface area contributed by atoms with E-state index in [0.717, 1.165) is 33.7 Å². The van der Waals surface area contributed by atoms with Crippen molar-refractivity contribution in [2.45, 2.75) is 39.7 Å². The fourth-order valence-corrected chi connectivity index (χ4v) is 4.59. The Balaban J connectivity index is 1.84. The van der Waals surface area contributed by atoms with E-state index in [9.17, 15) is 4.79 Å². The zero-order valence-corrected chi connectivity index (χ0v) is 14.8. The van der Waals surface area contributed by atoms with Crippen molar-refractivity contribution in [2.75, 3.05) is 5.75 Å². The number of hydrogen-bond donors (Lipinski definition) is 0. The maximum Gasteiger partial charge on any atom is 0.155 e. The van der Waals surface area contributed by atoms with Crippen molar-refractivity contribution >= 4 is 44.1 Å². The summed E-state index contributed by atoms with van der Waals surface area (Å²) in [6, 6.07) is 6.35. The molecule has 3 rings (SSSR count). The van der Waals surface area contributed by atoms with Gasteiger partial charge in [-0.25, -0.2) is 4.98 Å². The van der Waals surface area contributed by atoms with Crippen LogP contribution in [0.2, 0.25) is 0 Å². The van der Waals surface area contributed by atoms with Crippen LogP contribution in [0.3, 0.4) is 0 Å². The van der Waals surface area contributed by atoms with Crippen LogP contribution in [0, 0.1) is 5.92 Å². The van der Waals surface area contributed by atoms with E-state index in [0.29, 0.717) is 0 Å². The lowest BCUT2D eigenvalue weighted by atomic mass is 10.0. The zero-order chi connectivity index (χ0) is 15.7. The van der Waals surface area contributed by atoms with E-state index in [1.165, 1.54) is 16.7 Å². The third kappa shape index (κ3) is 3.41. The highest BCUT2D eigenvalue weighted by atomic mass is 32.2. The number of fused-ring (bicyclic) bond motifs is 1. The standard InChI is InChI=1S/C17H20N2OS2/c1-10(2)4-5-12-6-7-13-15(8-12)22-17(18-13)16-19-14(9-21-16)11(3)20/h6-8,10,14H,4-5,9H2,1-3H3/t14-/m1/s1. The summed E-state index contributed by atoms with van der Waals surface area (Å²) in [6.07, 6.45) is 2.32. The first-order valence-corrected chi connectivity index (χ1v) is 9.44. The fraction of sp³-hybridized carbons (Fsp3) is 0.471. The zero-order valence-electron chi connectivity index (χ0n) is 13.1. The van der Waals surface area contributed by atoms with Gasteiger partial charge in [-0.05, 0) is 43.4 Å². The summed E-state index contributed by atoms with van der Waals surface area (Å²) in [6.45, 7) is 6.12. The number of aromatic nitrogens is 1. The van der Waals surface area contributed by atoms with Crippen LogP contribution in [0.25, 0.3) is 10.2 Å². The summed E-state index contributed by atoms with van der Waals surface area (Å²) in [5, 5.41) is 1.87. The van der Waals surface area contributed by atoms with Gasteiger partial charge >= 0.3 is 0 Å². The van der Waals surface area contributed by atoms with E-state index in [1.54, 1.807) is 30.0 Å². The first-order chi connectivity index (χ1) is 10.5. The highest BCUT2D eigenvalue weighted by molar-refractivity contribution is 8.15. The van der Waals surface area contributed by atoms with Gasteiger partial charge in [-0.1, -0.05) is 19.9 Å².